The summed E-state index contributed by atoms with van der Waals surface area (Å²) >= 11 is 0. The Balaban J connectivity index is 2.17. The highest BCUT2D eigenvalue weighted by atomic mass is 16.7. The van der Waals surface area contributed by atoms with Gasteiger partial charge in [-0.3, -0.25) is 0 Å². The predicted octanol–water partition coefficient (Wildman–Crippen LogP) is 2.52. The molecule has 4 nitrogen and oxygen atoms in total. The maximum absolute atomic E-state index is 10.2. The number of aliphatic hydroxyl groups is 1. The number of hydrogen-bond donors (Lipinski definition) is 1. The molecule has 1 fully saturated rings. The zero-order valence-corrected chi connectivity index (χ0v) is 12.9. The van der Waals surface area contributed by atoms with Crippen molar-refractivity contribution in [2.45, 2.75) is 39.3 Å². The van der Waals surface area contributed by atoms with E-state index < -0.39 is 18.5 Å². The van der Waals surface area contributed by atoms with E-state index in [1.54, 1.807) is 14.0 Å². The van der Waals surface area contributed by atoms with Gasteiger partial charge in [0, 0.05) is 11.0 Å². The smallest absolute Gasteiger partial charge is 0.184 e. The minimum Gasteiger partial charge on any atom is -0.497 e. The molecule has 21 heavy (non-hydrogen) atoms. The molecule has 3 atom stereocenters. The van der Waals surface area contributed by atoms with Crippen LogP contribution >= 0.6 is 0 Å². The maximum Gasteiger partial charge on any atom is 0.184 e. The van der Waals surface area contributed by atoms with Crippen LogP contribution in [0.4, 0.5) is 0 Å². The van der Waals surface area contributed by atoms with Gasteiger partial charge in [-0.15, -0.1) is 5.92 Å². The highest BCUT2D eigenvalue weighted by Gasteiger charge is 2.42. The van der Waals surface area contributed by atoms with E-state index in [1.165, 1.54) is 0 Å². The van der Waals surface area contributed by atoms with Crippen molar-refractivity contribution in [2.24, 2.45) is 5.41 Å². The van der Waals surface area contributed by atoms with Crippen LogP contribution in [0, 0.1) is 17.3 Å². The molecule has 1 aliphatic rings. The van der Waals surface area contributed by atoms with Crippen LogP contribution < -0.4 is 4.74 Å². The first kappa shape index (κ1) is 15.8. The molecule has 0 aliphatic carbocycles. The fourth-order valence-corrected chi connectivity index (χ4v) is 2.39. The molecule has 1 aliphatic heterocycles. The molecule has 4 heteroatoms. The molecule has 1 aromatic carbocycles. The topological polar surface area (TPSA) is 47.9 Å². The molecular formula is C17H22O4. The highest BCUT2D eigenvalue weighted by molar-refractivity contribution is 5.28. The Morgan fingerprint density at radius 1 is 1.33 bits per heavy atom. The van der Waals surface area contributed by atoms with Crippen LogP contribution in [0.2, 0.25) is 0 Å². The van der Waals surface area contributed by atoms with Crippen molar-refractivity contribution in [1.82, 2.24) is 0 Å². The van der Waals surface area contributed by atoms with Crippen molar-refractivity contribution in [3.8, 4) is 17.6 Å². The maximum atomic E-state index is 10.2. The second-order valence-electron chi connectivity index (χ2n) is 5.80. The van der Waals surface area contributed by atoms with Gasteiger partial charge in [0.2, 0.25) is 0 Å². The Labute approximate surface area is 126 Å². The summed E-state index contributed by atoms with van der Waals surface area (Å²) in [6.07, 6.45) is -1.72. The first-order chi connectivity index (χ1) is 9.97. The zero-order valence-electron chi connectivity index (χ0n) is 12.9. The Bertz CT molecular complexity index is 524. The third-order valence-electron chi connectivity index (χ3n) is 3.61. The molecule has 1 saturated heterocycles. The minimum atomic E-state index is -0.824. The summed E-state index contributed by atoms with van der Waals surface area (Å²) in [6, 6.07) is 7.52. The molecule has 1 heterocycles. The monoisotopic (exact) mass is 290 g/mol. The number of rotatable bonds is 3. The van der Waals surface area contributed by atoms with Crippen LogP contribution in [0.15, 0.2) is 24.3 Å². The summed E-state index contributed by atoms with van der Waals surface area (Å²) < 4.78 is 16.9. The summed E-state index contributed by atoms with van der Waals surface area (Å²) in [5.74, 6) is 6.28. The van der Waals surface area contributed by atoms with Gasteiger partial charge in [-0.25, -0.2) is 0 Å². The van der Waals surface area contributed by atoms with Gasteiger partial charge in [0.1, 0.15) is 18.0 Å². The van der Waals surface area contributed by atoms with Gasteiger partial charge in [-0.05, 0) is 19.1 Å². The minimum absolute atomic E-state index is 0.299. The third kappa shape index (κ3) is 3.56. The lowest BCUT2D eigenvalue weighted by atomic mass is 9.83. The molecule has 0 unspecified atom stereocenters. The number of ether oxygens (including phenoxy) is 3. The van der Waals surface area contributed by atoms with Crippen molar-refractivity contribution in [2.75, 3.05) is 13.7 Å². The summed E-state index contributed by atoms with van der Waals surface area (Å²) in [5.41, 5.74) is 0.597. The molecular weight excluding hydrogens is 268 g/mol. The fraction of sp³-hybridized carbons (Fsp3) is 0.529. The van der Waals surface area contributed by atoms with Gasteiger partial charge >= 0.3 is 0 Å². The van der Waals surface area contributed by atoms with Gasteiger partial charge < -0.3 is 19.3 Å². The predicted molar refractivity (Wildman–Crippen MR) is 79.8 cm³/mol. The van der Waals surface area contributed by atoms with Gasteiger partial charge in [-0.2, -0.15) is 0 Å². The average molecular weight is 290 g/mol. The second-order valence-corrected chi connectivity index (χ2v) is 5.80. The number of aliphatic hydroxyl groups excluding tert-OH is 1. The van der Waals surface area contributed by atoms with E-state index >= 15 is 0 Å². The van der Waals surface area contributed by atoms with Crippen molar-refractivity contribution in [3.05, 3.63) is 29.8 Å². The van der Waals surface area contributed by atoms with Crippen molar-refractivity contribution in [1.29, 1.82) is 0 Å². The van der Waals surface area contributed by atoms with E-state index in [0.717, 1.165) is 11.3 Å². The number of benzene rings is 1. The average Bonchev–Trinajstić information content (AvgIpc) is 2.47. The lowest BCUT2D eigenvalue weighted by molar-refractivity contribution is -0.278. The number of hydrogen-bond acceptors (Lipinski definition) is 4. The third-order valence-corrected chi connectivity index (χ3v) is 3.61. The second kappa shape index (κ2) is 6.48. The van der Waals surface area contributed by atoms with Crippen LogP contribution in [-0.4, -0.2) is 31.0 Å². The Kier molecular flexibility index (Phi) is 4.89. The van der Waals surface area contributed by atoms with Gasteiger partial charge in [-0.1, -0.05) is 31.9 Å². The molecule has 0 saturated carbocycles. The largest absolute Gasteiger partial charge is 0.497 e. The Morgan fingerprint density at radius 2 is 2.00 bits per heavy atom. The summed E-state index contributed by atoms with van der Waals surface area (Å²) in [7, 11) is 1.63. The molecule has 114 valence electrons. The van der Waals surface area contributed by atoms with Crippen molar-refractivity contribution < 1.29 is 19.3 Å². The first-order valence-corrected chi connectivity index (χ1v) is 6.99. The van der Waals surface area contributed by atoms with Crippen molar-refractivity contribution in [3.63, 3.8) is 0 Å². The molecule has 1 aromatic rings. The summed E-state index contributed by atoms with van der Waals surface area (Å²) in [5, 5.41) is 10.2. The van der Waals surface area contributed by atoms with E-state index in [-0.39, 0.29) is 5.41 Å². The highest BCUT2D eigenvalue weighted by Crippen LogP contribution is 2.38. The van der Waals surface area contributed by atoms with Crippen molar-refractivity contribution >= 4 is 0 Å². The number of methoxy groups -OCH3 is 1. The summed E-state index contributed by atoms with van der Waals surface area (Å²) in [6.45, 7) is 6.21. The van der Waals surface area contributed by atoms with Crippen LogP contribution in [0.25, 0.3) is 0 Å². The Hall–Kier alpha value is -1.54. The Morgan fingerprint density at radius 3 is 2.57 bits per heavy atom. The molecule has 0 radical (unpaired) electrons. The SMILES string of the molecule is CC#C[C@@H](O)[C@@H]1O[C@H](c2ccc(OC)cc2)OCC1(C)C. The van der Waals surface area contributed by atoms with Crippen LogP contribution in [0.5, 0.6) is 5.75 Å². The van der Waals surface area contributed by atoms with Crippen LogP contribution in [0.1, 0.15) is 32.6 Å². The van der Waals surface area contributed by atoms with E-state index in [1.807, 2.05) is 38.1 Å². The standard InChI is InChI=1S/C17H22O4/c1-5-6-14(18)15-17(2,3)11-20-16(21-15)12-7-9-13(19-4)10-8-12/h7-10,14-16,18H,11H2,1-4H3/t14-,15+,16-/m1/s1. The quantitative estimate of drug-likeness (QED) is 0.869. The molecule has 1 N–H and O–H groups in total. The molecule has 0 aromatic heterocycles. The van der Waals surface area contributed by atoms with Gasteiger partial charge in [0.15, 0.2) is 6.29 Å². The molecule has 0 bridgehead atoms. The zero-order chi connectivity index (χ0) is 15.5. The van der Waals surface area contributed by atoms with E-state index in [4.69, 9.17) is 14.2 Å². The van der Waals surface area contributed by atoms with E-state index in [0.29, 0.717) is 6.61 Å². The van der Waals surface area contributed by atoms with E-state index in [2.05, 4.69) is 11.8 Å². The van der Waals surface area contributed by atoms with Gasteiger partial charge in [0.05, 0.1) is 13.7 Å². The van der Waals surface area contributed by atoms with Gasteiger partial charge in [0.25, 0.3) is 0 Å². The molecule has 2 rings (SSSR count). The lowest BCUT2D eigenvalue weighted by Crippen LogP contribution is -2.48. The molecule has 0 amide bonds. The molecule has 0 spiro atoms. The first-order valence-electron chi connectivity index (χ1n) is 6.99. The lowest BCUT2D eigenvalue weighted by Gasteiger charge is -2.43. The van der Waals surface area contributed by atoms with Crippen LogP contribution in [-0.2, 0) is 9.47 Å². The normalized spacial score (nSPS) is 25.6. The van der Waals surface area contributed by atoms with E-state index in [9.17, 15) is 5.11 Å². The fourth-order valence-electron chi connectivity index (χ4n) is 2.39. The van der Waals surface area contributed by atoms with Crippen LogP contribution in [0.3, 0.4) is 0 Å². The summed E-state index contributed by atoms with van der Waals surface area (Å²) in [4.78, 5) is 0.